The van der Waals surface area contributed by atoms with Crippen molar-refractivity contribution in [2.45, 2.75) is 12.8 Å². The van der Waals surface area contributed by atoms with Crippen LogP contribution in [-0.2, 0) is 0 Å². The first-order valence-corrected chi connectivity index (χ1v) is 7.33. The molecule has 5 heteroatoms. The van der Waals surface area contributed by atoms with Crippen LogP contribution < -0.4 is 4.90 Å². The molecular formula is C14H19BrN2O2. The minimum atomic E-state index is -0.893. The van der Waals surface area contributed by atoms with Crippen LogP contribution in [0.3, 0.4) is 0 Å². The summed E-state index contributed by atoms with van der Waals surface area (Å²) in [5, 5.41) is 9.07. The quantitative estimate of drug-likeness (QED) is 0.903. The number of carboxylic acids is 1. The number of likely N-dealkylation sites (tertiary alicyclic amines) is 1. The number of halogens is 1. The average Bonchev–Trinajstić information content (AvgIpc) is 2.88. The van der Waals surface area contributed by atoms with E-state index in [1.54, 1.807) is 12.1 Å². The van der Waals surface area contributed by atoms with Crippen molar-refractivity contribution in [1.29, 1.82) is 0 Å². The van der Waals surface area contributed by atoms with Crippen LogP contribution in [0.2, 0.25) is 0 Å². The Labute approximate surface area is 122 Å². The maximum atomic E-state index is 11.0. The lowest BCUT2D eigenvalue weighted by molar-refractivity contribution is 0.0697. The maximum absolute atomic E-state index is 11.0. The second kappa shape index (κ2) is 6.39. The summed E-state index contributed by atoms with van der Waals surface area (Å²) < 4.78 is 0.801. The van der Waals surface area contributed by atoms with Crippen LogP contribution >= 0.6 is 15.9 Å². The van der Waals surface area contributed by atoms with E-state index in [0.29, 0.717) is 5.56 Å². The van der Waals surface area contributed by atoms with E-state index >= 15 is 0 Å². The zero-order valence-electron chi connectivity index (χ0n) is 11.1. The smallest absolute Gasteiger partial charge is 0.335 e. The lowest BCUT2D eigenvalue weighted by Gasteiger charge is -2.23. The van der Waals surface area contributed by atoms with Gasteiger partial charge in [0.2, 0.25) is 0 Å². The molecule has 0 radical (unpaired) electrons. The van der Waals surface area contributed by atoms with Crippen molar-refractivity contribution in [3.05, 3.63) is 28.2 Å². The molecule has 19 heavy (non-hydrogen) atoms. The third kappa shape index (κ3) is 3.94. The molecule has 0 unspecified atom stereocenters. The zero-order valence-corrected chi connectivity index (χ0v) is 12.7. The van der Waals surface area contributed by atoms with Crippen LogP contribution in [0.5, 0.6) is 0 Å². The second-order valence-corrected chi connectivity index (χ2v) is 5.89. The highest BCUT2D eigenvalue weighted by molar-refractivity contribution is 9.10. The molecule has 1 N–H and O–H groups in total. The van der Waals surface area contributed by atoms with Crippen LogP contribution in [0.25, 0.3) is 0 Å². The Morgan fingerprint density at radius 3 is 2.68 bits per heavy atom. The predicted octanol–water partition coefficient (Wildman–Crippen LogP) is 2.68. The standard InChI is InChI=1S/C14H19BrN2O2/c1-16(6-7-17-4-2-3-5-17)13-9-11(14(18)19)8-12(15)10-13/h8-10H,2-7H2,1H3,(H,18,19). The van der Waals surface area contributed by atoms with Gasteiger partial charge in [0.1, 0.15) is 0 Å². The van der Waals surface area contributed by atoms with Crippen molar-refractivity contribution in [3.8, 4) is 0 Å². The highest BCUT2D eigenvalue weighted by atomic mass is 79.9. The number of anilines is 1. The molecule has 0 atom stereocenters. The Morgan fingerprint density at radius 1 is 1.37 bits per heavy atom. The Balaban J connectivity index is 2.01. The summed E-state index contributed by atoms with van der Waals surface area (Å²) in [4.78, 5) is 15.6. The lowest BCUT2D eigenvalue weighted by Crippen LogP contribution is -2.31. The van der Waals surface area contributed by atoms with Crippen molar-refractivity contribution in [2.24, 2.45) is 0 Å². The Hall–Kier alpha value is -1.07. The van der Waals surface area contributed by atoms with Crippen LogP contribution in [0.4, 0.5) is 5.69 Å². The minimum absolute atomic E-state index is 0.317. The summed E-state index contributed by atoms with van der Waals surface area (Å²) >= 11 is 3.37. The number of nitrogens with zero attached hydrogens (tertiary/aromatic N) is 2. The van der Waals surface area contributed by atoms with E-state index < -0.39 is 5.97 Å². The Kier molecular flexibility index (Phi) is 4.82. The molecule has 2 rings (SSSR count). The van der Waals surface area contributed by atoms with E-state index in [4.69, 9.17) is 5.11 Å². The third-order valence-corrected chi connectivity index (χ3v) is 3.98. The van der Waals surface area contributed by atoms with Gasteiger partial charge in [-0.3, -0.25) is 0 Å². The fourth-order valence-electron chi connectivity index (χ4n) is 2.34. The number of likely N-dealkylation sites (N-methyl/N-ethyl adjacent to an activating group) is 1. The van der Waals surface area contributed by atoms with E-state index in [9.17, 15) is 4.79 Å². The van der Waals surface area contributed by atoms with Gasteiger partial charge in [-0.05, 0) is 44.1 Å². The molecule has 1 fully saturated rings. The van der Waals surface area contributed by atoms with Crippen LogP contribution in [0.15, 0.2) is 22.7 Å². The van der Waals surface area contributed by atoms with Crippen molar-refractivity contribution in [3.63, 3.8) is 0 Å². The first kappa shape index (κ1) is 14.3. The highest BCUT2D eigenvalue weighted by Crippen LogP contribution is 2.22. The molecule has 104 valence electrons. The highest BCUT2D eigenvalue weighted by Gasteiger charge is 2.13. The monoisotopic (exact) mass is 326 g/mol. The summed E-state index contributed by atoms with van der Waals surface area (Å²) in [6, 6.07) is 5.30. The van der Waals surface area contributed by atoms with Crippen molar-refractivity contribution in [2.75, 3.05) is 38.1 Å². The van der Waals surface area contributed by atoms with Gasteiger partial charge in [0.05, 0.1) is 5.56 Å². The van der Waals surface area contributed by atoms with Crippen LogP contribution in [-0.4, -0.2) is 49.2 Å². The number of hydrogen-bond donors (Lipinski definition) is 1. The summed E-state index contributed by atoms with van der Waals surface area (Å²) in [6.45, 7) is 4.32. The molecule has 0 aliphatic carbocycles. The molecule has 1 aromatic rings. The minimum Gasteiger partial charge on any atom is -0.478 e. The second-order valence-electron chi connectivity index (χ2n) is 4.97. The molecule has 0 bridgehead atoms. The Bertz CT molecular complexity index is 459. The van der Waals surface area contributed by atoms with Gasteiger partial charge in [-0.25, -0.2) is 4.79 Å². The number of carboxylic acid groups (broad SMARTS) is 1. The number of aromatic carboxylic acids is 1. The molecule has 0 aromatic heterocycles. The number of hydrogen-bond acceptors (Lipinski definition) is 3. The van der Waals surface area contributed by atoms with Gasteiger partial charge in [-0.15, -0.1) is 0 Å². The van der Waals surface area contributed by atoms with Crippen molar-refractivity contribution < 1.29 is 9.90 Å². The zero-order chi connectivity index (χ0) is 13.8. The average molecular weight is 327 g/mol. The third-order valence-electron chi connectivity index (χ3n) is 3.52. The number of benzene rings is 1. The number of rotatable bonds is 5. The van der Waals surface area contributed by atoms with E-state index in [-0.39, 0.29) is 0 Å². The van der Waals surface area contributed by atoms with Gasteiger partial charge >= 0.3 is 5.97 Å². The SMILES string of the molecule is CN(CCN1CCCC1)c1cc(Br)cc(C(=O)O)c1. The van der Waals surface area contributed by atoms with Gasteiger partial charge in [-0.1, -0.05) is 15.9 Å². The first-order chi connectivity index (χ1) is 9.06. The predicted molar refractivity (Wildman–Crippen MR) is 80.0 cm³/mol. The normalized spacial score (nSPS) is 15.7. The molecule has 0 spiro atoms. The van der Waals surface area contributed by atoms with Crippen molar-refractivity contribution >= 4 is 27.6 Å². The molecule has 1 saturated heterocycles. The summed E-state index contributed by atoms with van der Waals surface area (Å²) in [7, 11) is 2.00. The topological polar surface area (TPSA) is 43.8 Å². The van der Waals surface area contributed by atoms with Gasteiger partial charge in [0.15, 0.2) is 0 Å². The van der Waals surface area contributed by atoms with E-state index in [1.807, 2.05) is 13.1 Å². The fourth-order valence-corrected chi connectivity index (χ4v) is 2.83. The van der Waals surface area contributed by atoms with Gasteiger partial charge in [0, 0.05) is 30.3 Å². The van der Waals surface area contributed by atoms with Crippen molar-refractivity contribution in [1.82, 2.24) is 4.90 Å². The van der Waals surface area contributed by atoms with Gasteiger partial charge in [0.25, 0.3) is 0 Å². The van der Waals surface area contributed by atoms with Gasteiger partial charge in [-0.2, -0.15) is 0 Å². The summed E-state index contributed by atoms with van der Waals surface area (Å²) in [6.07, 6.45) is 2.59. The fraction of sp³-hybridized carbons (Fsp3) is 0.500. The van der Waals surface area contributed by atoms with E-state index in [1.165, 1.54) is 25.9 Å². The largest absolute Gasteiger partial charge is 0.478 e. The lowest BCUT2D eigenvalue weighted by atomic mass is 10.2. The number of carbonyl (C=O) groups is 1. The summed E-state index contributed by atoms with van der Waals surface area (Å²) in [5.74, 6) is -0.893. The van der Waals surface area contributed by atoms with E-state index in [2.05, 4.69) is 25.7 Å². The molecule has 0 amide bonds. The first-order valence-electron chi connectivity index (χ1n) is 6.53. The molecule has 0 saturated carbocycles. The molecular weight excluding hydrogens is 308 g/mol. The molecule has 1 aliphatic heterocycles. The summed E-state index contributed by atoms with van der Waals surface area (Å²) in [5.41, 5.74) is 1.25. The van der Waals surface area contributed by atoms with Gasteiger partial charge < -0.3 is 14.9 Å². The molecule has 4 nitrogen and oxygen atoms in total. The molecule has 1 aromatic carbocycles. The van der Waals surface area contributed by atoms with Crippen LogP contribution in [0.1, 0.15) is 23.2 Å². The molecule has 1 heterocycles. The van der Waals surface area contributed by atoms with E-state index in [0.717, 1.165) is 23.2 Å². The maximum Gasteiger partial charge on any atom is 0.335 e. The molecule has 1 aliphatic rings. The Morgan fingerprint density at radius 2 is 2.05 bits per heavy atom. The van der Waals surface area contributed by atoms with Crippen LogP contribution in [0, 0.1) is 0 Å².